The van der Waals surface area contributed by atoms with Gasteiger partial charge in [0.15, 0.2) is 6.10 Å². The summed E-state index contributed by atoms with van der Waals surface area (Å²) in [6.07, 6.45) is -0.0256. The van der Waals surface area contributed by atoms with Crippen LogP contribution in [-0.2, 0) is 16.0 Å². The van der Waals surface area contributed by atoms with E-state index in [1.807, 2.05) is 12.1 Å². The molecule has 5 heteroatoms. The van der Waals surface area contributed by atoms with E-state index in [4.69, 9.17) is 4.74 Å². The fourth-order valence-electron chi connectivity index (χ4n) is 1.98. The second-order valence-corrected chi connectivity index (χ2v) is 5.14. The minimum absolute atomic E-state index is 0.0347. The van der Waals surface area contributed by atoms with Crippen LogP contribution >= 0.6 is 0 Å². The quantitative estimate of drug-likeness (QED) is 0.832. The summed E-state index contributed by atoms with van der Waals surface area (Å²) in [4.78, 5) is 24.0. The lowest BCUT2D eigenvalue weighted by Crippen LogP contribution is -2.30. The monoisotopic (exact) mass is 313 g/mol. The van der Waals surface area contributed by atoms with Gasteiger partial charge in [0.2, 0.25) is 0 Å². The Balaban J connectivity index is 1.95. The van der Waals surface area contributed by atoms with Gasteiger partial charge in [0.1, 0.15) is 5.75 Å². The van der Waals surface area contributed by atoms with Crippen molar-refractivity contribution in [3.8, 4) is 5.75 Å². The van der Waals surface area contributed by atoms with Crippen molar-refractivity contribution in [2.75, 3.05) is 5.32 Å². The average Bonchev–Trinajstić information content (AvgIpc) is 2.55. The number of anilines is 1. The molecule has 1 atom stereocenters. The van der Waals surface area contributed by atoms with Crippen LogP contribution in [0.1, 0.15) is 29.8 Å². The van der Waals surface area contributed by atoms with Crippen molar-refractivity contribution in [3.05, 3.63) is 59.7 Å². The number of aryl methyl sites for hydroxylation is 1. The van der Waals surface area contributed by atoms with Crippen LogP contribution in [0.25, 0.3) is 0 Å². The molecular formula is C18H19NO4. The van der Waals surface area contributed by atoms with Gasteiger partial charge in [-0.15, -0.1) is 0 Å². The molecule has 0 aliphatic heterocycles. The summed E-state index contributed by atoms with van der Waals surface area (Å²) in [5.74, 6) is -1.11. The van der Waals surface area contributed by atoms with Gasteiger partial charge >= 0.3 is 5.97 Å². The molecule has 0 bridgehead atoms. The number of aromatic hydroxyl groups is 1. The van der Waals surface area contributed by atoms with E-state index in [0.717, 1.165) is 6.42 Å². The predicted octanol–water partition coefficient (Wildman–Crippen LogP) is 3.14. The number of rotatable bonds is 5. The maximum atomic E-state index is 12.1. The van der Waals surface area contributed by atoms with Crippen LogP contribution in [0.5, 0.6) is 5.75 Å². The van der Waals surface area contributed by atoms with Crippen molar-refractivity contribution < 1.29 is 19.4 Å². The summed E-state index contributed by atoms with van der Waals surface area (Å²) in [7, 11) is 0. The molecule has 0 saturated carbocycles. The van der Waals surface area contributed by atoms with Crippen molar-refractivity contribution >= 4 is 17.6 Å². The normalized spacial score (nSPS) is 11.6. The van der Waals surface area contributed by atoms with Gasteiger partial charge in [-0.1, -0.05) is 25.1 Å². The van der Waals surface area contributed by atoms with Gasteiger partial charge in [-0.25, -0.2) is 4.79 Å². The SMILES string of the molecule is CCc1ccc(NC(=O)C(C)OC(=O)c2cccc(O)c2)cc1. The molecule has 2 aromatic carbocycles. The molecular weight excluding hydrogens is 294 g/mol. The first-order valence-corrected chi connectivity index (χ1v) is 7.39. The van der Waals surface area contributed by atoms with Crippen LogP contribution < -0.4 is 5.32 Å². The van der Waals surface area contributed by atoms with Gasteiger partial charge in [0.05, 0.1) is 5.56 Å². The molecule has 0 aliphatic rings. The first-order chi connectivity index (χ1) is 11.0. The fourth-order valence-corrected chi connectivity index (χ4v) is 1.98. The van der Waals surface area contributed by atoms with Crippen molar-refractivity contribution in [2.24, 2.45) is 0 Å². The molecule has 0 heterocycles. The number of hydrogen-bond acceptors (Lipinski definition) is 4. The molecule has 0 aromatic heterocycles. The summed E-state index contributed by atoms with van der Waals surface area (Å²) in [5.41, 5.74) is 2.01. The van der Waals surface area contributed by atoms with Gasteiger partial charge in [-0.2, -0.15) is 0 Å². The van der Waals surface area contributed by atoms with Crippen molar-refractivity contribution in [1.29, 1.82) is 0 Å². The smallest absolute Gasteiger partial charge is 0.339 e. The Hall–Kier alpha value is -2.82. The van der Waals surface area contributed by atoms with Crippen LogP contribution in [-0.4, -0.2) is 23.1 Å². The molecule has 2 rings (SSSR count). The molecule has 0 fully saturated rings. The fraction of sp³-hybridized carbons (Fsp3) is 0.222. The Bertz CT molecular complexity index is 694. The van der Waals surface area contributed by atoms with Gasteiger partial charge in [-0.3, -0.25) is 4.79 Å². The lowest BCUT2D eigenvalue weighted by atomic mass is 10.1. The molecule has 2 aromatic rings. The lowest BCUT2D eigenvalue weighted by Gasteiger charge is -2.14. The third-order valence-electron chi connectivity index (χ3n) is 3.36. The van der Waals surface area contributed by atoms with E-state index < -0.39 is 18.0 Å². The molecule has 0 saturated heterocycles. The largest absolute Gasteiger partial charge is 0.508 e. The van der Waals surface area contributed by atoms with Gasteiger partial charge in [0, 0.05) is 5.69 Å². The zero-order chi connectivity index (χ0) is 16.8. The van der Waals surface area contributed by atoms with E-state index in [2.05, 4.69) is 12.2 Å². The first-order valence-electron chi connectivity index (χ1n) is 7.39. The maximum absolute atomic E-state index is 12.1. The minimum atomic E-state index is -0.948. The van der Waals surface area contributed by atoms with E-state index in [1.54, 1.807) is 12.1 Å². The molecule has 120 valence electrons. The summed E-state index contributed by atoms with van der Waals surface area (Å²) in [6, 6.07) is 13.3. The average molecular weight is 313 g/mol. The number of hydrogen-bond donors (Lipinski definition) is 2. The Morgan fingerprint density at radius 1 is 1.17 bits per heavy atom. The summed E-state index contributed by atoms with van der Waals surface area (Å²) in [5, 5.41) is 12.1. The second-order valence-electron chi connectivity index (χ2n) is 5.14. The van der Waals surface area contributed by atoms with Crippen molar-refractivity contribution in [2.45, 2.75) is 26.4 Å². The van der Waals surface area contributed by atoms with E-state index in [1.165, 1.54) is 36.8 Å². The molecule has 23 heavy (non-hydrogen) atoms. The number of phenols is 1. The van der Waals surface area contributed by atoms with E-state index >= 15 is 0 Å². The summed E-state index contributed by atoms with van der Waals surface area (Å²) < 4.78 is 5.11. The third kappa shape index (κ3) is 4.57. The number of phenolic OH excluding ortho intramolecular Hbond substituents is 1. The van der Waals surface area contributed by atoms with E-state index in [-0.39, 0.29) is 11.3 Å². The van der Waals surface area contributed by atoms with Gasteiger partial charge < -0.3 is 15.2 Å². The number of carbonyl (C=O) groups excluding carboxylic acids is 2. The zero-order valence-corrected chi connectivity index (χ0v) is 13.1. The Labute approximate surface area is 134 Å². The van der Waals surface area contributed by atoms with E-state index in [0.29, 0.717) is 5.69 Å². The molecule has 0 spiro atoms. The second kappa shape index (κ2) is 7.45. The number of ether oxygens (including phenoxy) is 1. The Morgan fingerprint density at radius 2 is 1.87 bits per heavy atom. The number of esters is 1. The zero-order valence-electron chi connectivity index (χ0n) is 13.1. The number of nitrogens with one attached hydrogen (secondary N) is 1. The van der Waals surface area contributed by atoms with Crippen molar-refractivity contribution in [3.63, 3.8) is 0 Å². The highest BCUT2D eigenvalue weighted by Crippen LogP contribution is 2.14. The number of carbonyl (C=O) groups is 2. The van der Waals surface area contributed by atoms with E-state index in [9.17, 15) is 14.7 Å². The minimum Gasteiger partial charge on any atom is -0.508 e. The highest BCUT2D eigenvalue weighted by Gasteiger charge is 2.19. The third-order valence-corrected chi connectivity index (χ3v) is 3.36. The Kier molecular flexibility index (Phi) is 5.36. The van der Waals surface area contributed by atoms with Crippen LogP contribution in [0.15, 0.2) is 48.5 Å². The first kappa shape index (κ1) is 16.5. The predicted molar refractivity (Wildman–Crippen MR) is 87.4 cm³/mol. The molecule has 0 radical (unpaired) electrons. The summed E-state index contributed by atoms with van der Waals surface area (Å²) >= 11 is 0. The van der Waals surface area contributed by atoms with Crippen molar-refractivity contribution in [1.82, 2.24) is 0 Å². The molecule has 2 N–H and O–H groups in total. The highest BCUT2D eigenvalue weighted by molar-refractivity contribution is 5.97. The van der Waals surface area contributed by atoms with Crippen LogP contribution in [0.3, 0.4) is 0 Å². The van der Waals surface area contributed by atoms with Gasteiger partial charge in [-0.05, 0) is 49.2 Å². The molecule has 0 aliphatic carbocycles. The molecule has 1 amide bonds. The lowest BCUT2D eigenvalue weighted by molar-refractivity contribution is -0.123. The molecule has 1 unspecified atom stereocenters. The number of benzene rings is 2. The van der Waals surface area contributed by atoms with Gasteiger partial charge in [0.25, 0.3) is 5.91 Å². The topological polar surface area (TPSA) is 75.6 Å². The highest BCUT2D eigenvalue weighted by atomic mass is 16.5. The Morgan fingerprint density at radius 3 is 2.48 bits per heavy atom. The standard InChI is InChI=1S/C18H19NO4/c1-3-13-7-9-15(10-8-13)19-17(21)12(2)23-18(22)14-5-4-6-16(20)11-14/h4-12,20H,3H2,1-2H3,(H,19,21). The van der Waals surface area contributed by atoms with Crippen LogP contribution in [0, 0.1) is 0 Å². The summed E-state index contributed by atoms with van der Waals surface area (Å²) in [6.45, 7) is 3.55. The van der Waals surface area contributed by atoms with Crippen LogP contribution in [0.4, 0.5) is 5.69 Å². The molecule has 5 nitrogen and oxygen atoms in total. The maximum Gasteiger partial charge on any atom is 0.339 e. The number of amides is 1. The van der Waals surface area contributed by atoms with Crippen LogP contribution in [0.2, 0.25) is 0 Å².